The zero-order chi connectivity index (χ0) is 14.4. The Hall–Kier alpha value is -1.40. The summed E-state index contributed by atoms with van der Waals surface area (Å²) in [6.07, 6.45) is 0. The third-order valence-electron chi connectivity index (χ3n) is 2.63. The fraction of sp³-hybridized carbons (Fsp3) is 0.214. The van der Waals surface area contributed by atoms with Crippen LogP contribution in [0.3, 0.4) is 0 Å². The summed E-state index contributed by atoms with van der Waals surface area (Å²) in [7, 11) is 1.71. The van der Waals surface area contributed by atoms with Crippen molar-refractivity contribution in [3.05, 3.63) is 56.4 Å². The first kappa shape index (κ1) is 15.0. The second-order valence-corrected chi connectivity index (χ2v) is 6.66. The SMILES string of the molecule is CN=C(NCc1cccc(F)c1)NCc1ccc(Br)s1. The molecule has 0 saturated carbocycles. The van der Waals surface area contributed by atoms with E-state index in [0.29, 0.717) is 19.0 Å². The summed E-state index contributed by atoms with van der Waals surface area (Å²) >= 11 is 5.11. The Labute approximate surface area is 130 Å². The maximum Gasteiger partial charge on any atom is 0.191 e. The van der Waals surface area contributed by atoms with Crippen LogP contribution in [0.25, 0.3) is 0 Å². The van der Waals surface area contributed by atoms with Gasteiger partial charge in [-0.1, -0.05) is 12.1 Å². The Balaban J connectivity index is 1.84. The number of halogens is 2. The Morgan fingerprint density at radius 2 is 2.05 bits per heavy atom. The standard InChI is InChI=1S/C14H15BrFN3S/c1-17-14(19-9-12-5-6-13(15)20-12)18-8-10-3-2-4-11(16)7-10/h2-7H,8-9H2,1H3,(H2,17,18,19). The molecule has 106 valence electrons. The monoisotopic (exact) mass is 355 g/mol. The summed E-state index contributed by atoms with van der Waals surface area (Å²) in [4.78, 5) is 5.35. The van der Waals surface area contributed by atoms with Gasteiger partial charge in [0, 0.05) is 18.5 Å². The number of hydrogen-bond acceptors (Lipinski definition) is 2. The van der Waals surface area contributed by atoms with Gasteiger partial charge in [-0.2, -0.15) is 0 Å². The molecule has 2 aromatic rings. The van der Waals surface area contributed by atoms with Crippen LogP contribution in [0.15, 0.2) is 45.2 Å². The maximum atomic E-state index is 13.1. The molecule has 1 heterocycles. The molecule has 20 heavy (non-hydrogen) atoms. The van der Waals surface area contributed by atoms with Crippen molar-refractivity contribution in [3.8, 4) is 0 Å². The van der Waals surface area contributed by atoms with Crippen LogP contribution in [-0.2, 0) is 13.1 Å². The van der Waals surface area contributed by atoms with Crippen molar-refractivity contribution in [2.24, 2.45) is 4.99 Å². The van der Waals surface area contributed by atoms with E-state index in [2.05, 4.69) is 37.6 Å². The highest BCUT2D eigenvalue weighted by Crippen LogP contribution is 2.21. The molecule has 0 atom stereocenters. The van der Waals surface area contributed by atoms with Crippen molar-refractivity contribution < 1.29 is 4.39 Å². The van der Waals surface area contributed by atoms with Crippen molar-refractivity contribution in [2.45, 2.75) is 13.1 Å². The second-order valence-electron chi connectivity index (χ2n) is 4.12. The number of nitrogens with zero attached hydrogens (tertiary/aromatic N) is 1. The van der Waals surface area contributed by atoms with Crippen LogP contribution >= 0.6 is 27.3 Å². The van der Waals surface area contributed by atoms with E-state index in [4.69, 9.17) is 0 Å². The van der Waals surface area contributed by atoms with E-state index in [-0.39, 0.29) is 5.82 Å². The summed E-state index contributed by atoms with van der Waals surface area (Å²) in [5, 5.41) is 6.37. The molecule has 0 aliphatic rings. The first-order chi connectivity index (χ1) is 9.67. The summed E-state index contributed by atoms with van der Waals surface area (Å²) in [6.45, 7) is 1.24. The number of thiophene rings is 1. The molecule has 3 nitrogen and oxygen atoms in total. The predicted octanol–water partition coefficient (Wildman–Crippen LogP) is 3.51. The normalized spacial score (nSPS) is 11.4. The molecular weight excluding hydrogens is 341 g/mol. The van der Waals surface area contributed by atoms with Crippen LogP contribution in [-0.4, -0.2) is 13.0 Å². The van der Waals surface area contributed by atoms with Gasteiger partial charge in [-0.3, -0.25) is 4.99 Å². The van der Waals surface area contributed by atoms with E-state index < -0.39 is 0 Å². The average molecular weight is 356 g/mol. The predicted molar refractivity (Wildman–Crippen MR) is 85.5 cm³/mol. The average Bonchev–Trinajstić information content (AvgIpc) is 2.85. The zero-order valence-electron chi connectivity index (χ0n) is 11.0. The minimum atomic E-state index is -0.226. The summed E-state index contributed by atoms with van der Waals surface area (Å²) in [6, 6.07) is 10.6. The van der Waals surface area contributed by atoms with Gasteiger partial charge >= 0.3 is 0 Å². The number of aliphatic imine (C=N–C) groups is 1. The van der Waals surface area contributed by atoms with Crippen molar-refractivity contribution >= 4 is 33.2 Å². The fourth-order valence-corrected chi connectivity index (χ4v) is 3.09. The lowest BCUT2D eigenvalue weighted by Gasteiger charge is -2.11. The highest BCUT2D eigenvalue weighted by molar-refractivity contribution is 9.11. The van der Waals surface area contributed by atoms with Gasteiger partial charge in [-0.05, 0) is 45.8 Å². The number of guanidine groups is 1. The molecule has 0 unspecified atom stereocenters. The lowest BCUT2D eigenvalue weighted by molar-refractivity contribution is 0.624. The summed E-state index contributed by atoms with van der Waals surface area (Å²) in [5.41, 5.74) is 0.881. The van der Waals surface area contributed by atoms with E-state index in [1.54, 1.807) is 24.5 Å². The highest BCUT2D eigenvalue weighted by Gasteiger charge is 2.01. The molecule has 0 radical (unpaired) electrons. The molecule has 0 saturated heterocycles. The smallest absolute Gasteiger partial charge is 0.191 e. The third-order valence-corrected chi connectivity index (χ3v) is 4.26. The Morgan fingerprint density at radius 3 is 2.70 bits per heavy atom. The molecular formula is C14H15BrFN3S. The molecule has 0 amide bonds. The van der Waals surface area contributed by atoms with Gasteiger partial charge in [-0.15, -0.1) is 11.3 Å². The largest absolute Gasteiger partial charge is 0.352 e. The topological polar surface area (TPSA) is 36.4 Å². The van der Waals surface area contributed by atoms with Gasteiger partial charge in [0.05, 0.1) is 10.3 Å². The molecule has 0 aliphatic carbocycles. The van der Waals surface area contributed by atoms with Crippen molar-refractivity contribution in [1.29, 1.82) is 0 Å². The fourth-order valence-electron chi connectivity index (χ4n) is 1.67. The molecule has 0 spiro atoms. The Morgan fingerprint density at radius 1 is 1.25 bits per heavy atom. The van der Waals surface area contributed by atoms with Crippen LogP contribution in [0.2, 0.25) is 0 Å². The Kier molecular flexibility index (Phi) is 5.55. The third kappa shape index (κ3) is 4.61. The molecule has 0 bridgehead atoms. The number of nitrogens with one attached hydrogen (secondary N) is 2. The molecule has 6 heteroatoms. The molecule has 2 rings (SSSR count). The van der Waals surface area contributed by atoms with Crippen molar-refractivity contribution in [2.75, 3.05) is 7.05 Å². The first-order valence-corrected chi connectivity index (χ1v) is 7.71. The van der Waals surface area contributed by atoms with E-state index in [9.17, 15) is 4.39 Å². The Bertz CT molecular complexity index is 598. The first-order valence-electron chi connectivity index (χ1n) is 6.10. The lowest BCUT2D eigenvalue weighted by Crippen LogP contribution is -2.36. The van der Waals surface area contributed by atoms with Crippen molar-refractivity contribution in [3.63, 3.8) is 0 Å². The summed E-state index contributed by atoms with van der Waals surface area (Å²) in [5.74, 6) is 0.467. The second kappa shape index (κ2) is 7.40. The van der Waals surface area contributed by atoms with Gasteiger partial charge in [0.15, 0.2) is 5.96 Å². The molecule has 1 aromatic carbocycles. The van der Waals surface area contributed by atoms with Gasteiger partial charge in [0.25, 0.3) is 0 Å². The zero-order valence-corrected chi connectivity index (χ0v) is 13.4. The minimum Gasteiger partial charge on any atom is -0.352 e. The van der Waals surface area contributed by atoms with E-state index in [1.807, 2.05) is 12.1 Å². The summed E-state index contributed by atoms with van der Waals surface area (Å²) < 4.78 is 14.2. The van der Waals surface area contributed by atoms with Crippen LogP contribution in [0.5, 0.6) is 0 Å². The van der Waals surface area contributed by atoms with Crippen molar-refractivity contribution in [1.82, 2.24) is 10.6 Å². The van der Waals surface area contributed by atoms with Crippen LogP contribution in [0.4, 0.5) is 4.39 Å². The number of benzene rings is 1. The highest BCUT2D eigenvalue weighted by atomic mass is 79.9. The quantitative estimate of drug-likeness (QED) is 0.650. The maximum absolute atomic E-state index is 13.1. The van der Waals surface area contributed by atoms with Gasteiger partial charge < -0.3 is 10.6 Å². The lowest BCUT2D eigenvalue weighted by atomic mass is 10.2. The van der Waals surface area contributed by atoms with Gasteiger partial charge in [0.1, 0.15) is 5.82 Å². The van der Waals surface area contributed by atoms with Crippen LogP contribution in [0.1, 0.15) is 10.4 Å². The van der Waals surface area contributed by atoms with E-state index in [1.165, 1.54) is 17.0 Å². The van der Waals surface area contributed by atoms with Gasteiger partial charge in [0.2, 0.25) is 0 Å². The molecule has 2 N–H and O–H groups in total. The van der Waals surface area contributed by atoms with Crippen LogP contribution in [0, 0.1) is 5.82 Å². The van der Waals surface area contributed by atoms with Gasteiger partial charge in [-0.25, -0.2) is 4.39 Å². The van der Waals surface area contributed by atoms with E-state index in [0.717, 1.165) is 9.35 Å². The van der Waals surface area contributed by atoms with Crippen LogP contribution < -0.4 is 10.6 Å². The van der Waals surface area contributed by atoms with E-state index >= 15 is 0 Å². The molecule has 0 aliphatic heterocycles. The number of rotatable bonds is 4. The molecule has 1 aromatic heterocycles. The number of hydrogen-bond donors (Lipinski definition) is 2. The minimum absolute atomic E-state index is 0.226. The molecule has 0 fully saturated rings.